The lowest BCUT2D eigenvalue weighted by Crippen LogP contribution is -2.20. The SMILES string of the molecule is CC(C)(C)C(=O)c1c[nH]c2ncc(-c3cc(NS(=O)(=O)c4ccc(N)c(F)c4)c4cc[nH]c4c3)nc12. The van der Waals surface area contributed by atoms with Gasteiger partial charge in [0.1, 0.15) is 11.3 Å². The minimum Gasteiger partial charge on any atom is -0.396 e. The first-order valence-electron chi connectivity index (χ1n) is 11.0. The Balaban J connectivity index is 1.61. The molecule has 2 aromatic carbocycles. The zero-order valence-corrected chi connectivity index (χ0v) is 20.5. The van der Waals surface area contributed by atoms with Gasteiger partial charge in [-0.3, -0.25) is 9.52 Å². The minimum absolute atomic E-state index is 0.0794. The number of ketones is 1. The minimum atomic E-state index is -4.13. The van der Waals surface area contributed by atoms with E-state index in [0.717, 1.165) is 6.07 Å². The molecule has 0 fully saturated rings. The molecule has 3 heterocycles. The normalized spacial score (nSPS) is 12.3. The molecule has 0 aliphatic heterocycles. The average molecular weight is 507 g/mol. The van der Waals surface area contributed by atoms with Crippen molar-refractivity contribution in [1.82, 2.24) is 19.9 Å². The van der Waals surface area contributed by atoms with Crippen molar-refractivity contribution in [2.24, 2.45) is 5.41 Å². The summed E-state index contributed by atoms with van der Waals surface area (Å²) in [5.74, 6) is -0.904. The molecule has 5 N–H and O–H groups in total. The largest absolute Gasteiger partial charge is 0.396 e. The van der Waals surface area contributed by atoms with Crippen LogP contribution in [0.4, 0.5) is 15.8 Å². The number of hydrogen-bond donors (Lipinski definition) is 4. The molecule has 0 bridgehead atoms. The number of Topliss-reactive ketones (excluding diaryl/α,β-unsaturated/α-hetero) is 1. The van der Waals surface area contributed by atoms with Crippen molar-refractivity contribution in [3.05, 3.63) is 66.4 Å². The van der Waals surface area contributed by atoms with E-state index >= 15 is 0 Å². The van der Waals surface area contributed by atoms with Crippen LogP contribution in [0.1, 0.15) is 31.1 Å². The number of sulfonamides is 1. The van der Waals surface area contributed by atoms with Gasteiger partial charge in [-0.25, -0.2) is 22.8 Å². The number of nitrogens with one attached hydrogen (secondary N) is 3. The molecule has 3 aromatic heterocycles. The second-order valence-corrected chi connectivity index (χ2v) is 11.2. The molecular weight excluding hydrogens is 483 g/mol. The predicted octanol–water partition coefficient (Wildman–Crippen LogP) is 4.86. The third-order valence-corrected chi connectivity index (χ3v) is 7.16. The van der Waals surface area contributed by atoms with Crippen molar-refractivity contribution in [3.8, 4) is 11.3 Å². The Bertz CT molecular complexity index is 1770. The second-order valence-electron chi connectivity index (χ2n) is 9.49. The molecular formula is C25H23FN6O3S. The Hall–Kier alpha value is -4.25. The Morgan fingerprint density at radius 2 is 1.89 bits per heavy atom. The molecule has 9 nitrogen and oxygen atoms in total. The molecule has 5 aromatic rings. The number of aromatic nitrogens is 4. The number of benzene rings is 2. The van der Waals surface area contributed by atoms with Crippen molar-refractivity contribution in [1.29, 1.82) is 0 Å². The topological polar surface area (TPSA) is 147 Å². The predicted molar refractivity (Wildman–Crippen MR) is 137 cm³/mol. The number of hydrogen-bond acceptors (Lipinski definition) is 6. The number of nitrogens with two attached hydrogens (primary N) is 1. The van der Waals surface area contributed by atoms with Crippen molar-refractivity contribution in [2.75, 3.05) is 10.5 Å². The standard InChI is InChI=1S/C25H23FN6O3S/c1-25(2,3)23(33)16-11-29-24-22(16)31-21(12-30-24)13-8-19-15(6-7-28-19)20(9-13)32-36(34,35)14-4-5-18(27)17(26)10-14/h4-12,28,32H,27H2,1-3H3,(H,29,30). The van der Waals surface area contributed by atoms with Crippen LogP contribution in [0.15, 0.2) is 59.9 Å². The van der Waals surface area contributed by atoms with Crippen molar-refractivity contribution in [2.45, 2.75) is 25.7 Å². The van der Waals surface area contributed by atoms with Gasteiger partial charge in [0.15, 0.2) is 11.4 Å². The van der Waals surface area contributed by atoms with Gasteiger partial charge >= 0.3 is 0 Å². The van der Waals surface area contributed by atoms with Gasteiger partial charge in [-0.2, -0.15) is 0 Å². The summed E-state index contributed by atoms with van der Waals surface area (Å²) in [4.78, 5) is 27.8. The maximum atomic E-state index is 13.9. The number of anilines is 2. The van der Waals surface area contributed by atoms with E-state index in [0.29, 0.717) is 38.9 Å². The molecule has 184 valence electrons. The molecule has 0 atom stereocenters. The maximum Gasteiger partial charge on any atom is 0.262 e. The van der Waals surface area contributed by atoms with Gasteiger partial charge in [-0.1, -0.05) is 20.8 Å². The lowest BCUT2D eigenvalue weighted by molar-refractivity contribution is 0.0860. The lowest BCUT2D eigenvalue weighted by Gasteiger charge is -2.15. The summed E-state index contributed by atoms with van der Waals surface area (Å²) in [6.07, 6.45) is 4.82. The number of H-pyrrole nitrogens is 2. The number of carbonyl (C=O) groups excluding carboxylic acids is 1. The molecule has 11 heteroatoms. The molecule has 0 spiro atoms. The number of halogens is 1. The Morgan fingerprint density at radius 3 is 2.61 bits per heavy atom. The molecule has 0 radical (unpaired) electrons. The summed E-state index contributed by atoms with van der Waals surface area (Å²) < 4.78 is 42.5. The quantitative estimate of drug-likeness (QED) is 0.198. The van der Waals surface area contributed by atoms with E-state index in [1.165, 1.54) is 12.1 Å². The van der Waals surface area contributed by atoms with E-state index in [9.17, 15) is 17.6 Å². The average Bonchev–Trinajstić information content (AvgIpc) is 3.46. The number of aromatic amines is 2. The fraction of sp³-hybridized carbons (Fsp3) is 0.160. The van der Waals surface area contributed by atoms with Crippen LogP contribution in [0.5, 0.6) is 0 Å². The highest BCUT2D eigenvalue weighted by Gasteiger charge is 2.26. The van der Waals surface area contributed by atoms with E-state index < -0.39 is 21.3 Å². The van der Waals surface area contributed by atoms with Crippen LogP contribution in [0.3, 0.4) is 0 Å². The van der Waals surface area contributed by atoms with E-state index in [4.69, 9.17) is 5.73 Å². The number of fused-ring (bicyclic) bond motifs is 2. The third-order valence-electron chi connectivity index (χ3n) is 5.80. The van der Waals surface area contributed by atoms with Gasteiger partial charge in [0.05, 0.1) is 33.7 Å². The molecule has 5 rings (SSSR count). The van der Waals surface area contributed by atoms with E-state index in [-0.39, 0.29) is 22.1 Å². The lowest BCUT2D eigenvalue weighted by atomic mass is 9.87. The Morgan fingerprint density at radius 1 is 1.11 bits per heavy atom. The third kappa shape index (κ3) is 4.07. The van der Waals surface area contributed by atoms with Crippen LogP contribution in [0, 0.1) is 11.2 Å². The monoisotopic (exact) mass is 506 g/mol. The fourth-order valence-corrected chi connectivity index (χ4v) is 4.97. The van der Waals surface area contributed by atoms with E-state index in [1.54, 1.807) is 30.7 Å². The van der Waals surface area contributed by atoms with Crippen LogP contribution < -0.4 is 10.5 Å². The van der Waals surface area contributed by atoms with Gasteiger partial charge in [-0.05, 0) is 36.4 Å². The van der Waals surface area contributed by atoms with Gasteiger partial charge in [0.2, 0.25) is 0 Å². The molecule has 0 unspecified atom stereocenters. The summed E-state index contributed by atoms with van der Waals surface area (Å²) in [6, 6.07) is 8.46. The number of nitrogens with zero attached hydrogens (tertiary/aromatic N) is 2. The summed E-state index contributed by atoms with van der Waals surface area (Å²) in [7, 11) is -4.13. The van der Waals surface area contributed by atoms with Crippen LogP contribution >= 0.6 is 0 Å². The van der Waals surface area contributed by atoms with Crippen LogP contribution in [-0.2, 0) is 10.0 Å². The summed E-state index contributed by atoms with van der Waals surface area (Å²) in [5.41, 5.74) is 7.98. The zero-order valence-electron chi connectivity index (χ0n) is 19.7. The van der Waals surface area contributed by atoms with Crippen LogP contribution in [-0.4, -0.2) is 34.1 Å². The van der Waals surface area contributed by atoms with Gasteiger partial charge in [0, 0.05) is 34.3 Å². The van der Waals surface area contributed by atoms with Crippen LogP contribution in [0.2, 0.25) is 0 Å². The molecule has 0 saturated heterocycles. The van der Waals surface area contributed by atoms with Crippen molar-refractivity contribution in [3.63, 3.8) is 0 Å². The van der Waals surface area contributed by atoms with Gasteiger partial charge in [-0.15, -0.1) is 0 Å². The first kappa shape index (κ1) is 23.5. The number of rotatable bonds is 5. The number of carbonyl (C=O) groups is 1. The van der Waals surface area contributed by atoms with Crippen molar-refractivity contribution < 1.29 is 17.6 Å². The first-order valence-corrected chi connectivity index (χ1v) is 12.5. The Kier molecular flexibility index (Phi) is 5.32. The number of nitrogen functional groups attached to an aromatic ring is 1. The Labute approximate surface area is 206 Å². The molecule has 0 amide bonds. The molecule has 36 heavy (non-hydrogen) atoms. The molecule has 0 aliphatic carbocycles. The second kappa shape index (κ2) is 8.16. The van der Waals surface area contributed by atoms with E-state index in [2.05, 4.69) is 24.7 Å². The smallest absolute Gasteiger partial charge is 0.262 e. The fourth-order valence-electron chi connectivity index (χ4n) is 3.89. The first-order chi connectivity index (χ1) is 16.9. The summed E-state index contributed by atoms with van der Waals surface area (Å²) >= 11 is 0. The maximum absolute atomic E-state index is 13.9. The van der Waals surface area contributed by atoms with Crippen LogP contribution in [0.25, 0.3) is 33.3 Å². The highest BCUT2D eigenvalue weighted by Crippen LogP contribution is 2.33. The highest BCUT2D eigenvalue weighted by molar-refractivity contribution is 7.92. The summed E-state index contributed by atoms with van der Waals surface area (Å²) in [6.45, 7) is 5.49. The van der Waals surface area contributed by atoms with Gasteiger partial charge in [0.25, 0.3) is 10.0 Å². The molecule has 0 saturated carbocycles. The zero-order chi connectivity index (χ0) is 25.8. The highest BCUT2D eigenvalue weighted by atomic mass is 32.2. The molecule has 0 aliphatic rings. The van der Waals surface area contributed by atoms with Gasteiger partial charge < -0.3 is 15.7 Å². The summed E-state index contributed by atoms with van der Waals surface area (Å²) in [5, 5.41) is 0.609. The van der Waals surface area contributed by atoms with Crippen molar-refractivity contribution >= 4 is 49.2 Å². The van der Waals surface area contributed by atoms with E-state index in [1.807, 2.05) is 26.8 Å².